The summed E-state index contributed by atoms with van der Waals surface area (Å²) in [5.41, 5.74) is 1.88. The maximum absolute atomic E-state index is 12.2. The zero-order chi connectivity index (χ0) is 16.8. The standard InChI is InChI=1S/C19H17NO2S2/c21-18(9-6-14-4-2-1-3-5-14)20-12-16-7-8-17(24-16)19(22)15-10-11-23-13-15/h1-5,7-8,10-11,13H,6,9,12H2,(H,20,21). The molecule has 24 heavy (non-hydrogen) atoms. The quantitative estimate of drug-likeness (QED) is 0.643. The summed E-state index contributed by atoms with van der Waals surface area (Å²) < 4.78 is 0. The van der Waals surface area contributed by atoms with Crippen molar-refractivity contribution >= 4 is 34.4 Å². The second kappa shape index (κ2) is 8.04. The van der Waals surface area contributed by atoms with Crippen LogP contribution in [-0.2, 0) is 17.8 Å². The fourth-order valence-corrected chi connectivity index (χ4v) is 3.85. The summed E-state index contributed by atoms with van der Waals surface area (Å²) in [4.78, 5) is 25.9. The van der Waals surface area contributed by atoms with Gasteiger partial charge < -0.3 is 5.32 Å². The lowest BCUT2D eigenvalue weighted by atomic mass is 10.1. The molecule has 0 radical (unpaired) electrons. The molecular weight excluding hydrogens is 338 g/mol. The van der Waals surface area contributed by atoms with E-state index in [1.807, 2.05) is 59.3 Å². The normalized spacial score (nSPS) is 10.5. The molecule has 0 unspecified atom stereocenters. The van der Waals surface area contributed by atoms with Gasteiger partial charge in [0.15, 0.2) is 0 Å². The van der Waals surface area contributed by atoms with Crippen LogP contribution in [0.5, 0.6) is 0 Å². The molecule has 0 aliphatic rings. The molecule has 0 aliphatic heterocycles. The van der Waals surface area contributed by atoms with Crippen LogP contribution >= 0.6 is 22.7 Å². The number of ketones is 1. The molecule has 1 N–H and O–H groups in total. The average Bonchev–Trinajstić information content (AvgIpc) is 3.30. The summed E-state index contributed by atoms with van der Waals surface area (Å²) >= 11 is 2.95. The van der Waals surface area contributed by atoms with Crippen molar-refractivity contribution in [3.05, 3.63) is 80.2 Å². The highest BCUT2D eigenvalue weighted by Crippen LogP contribution is 2.21. The molecule has 0 saturated carbocycles. The average molecular weight is 355 g/mol. The second-order valence-corrected chi connectivity index (χ2v) is 7.32. The smallest absolute Gasteiger partial charge is 0.220 e. The first-order valence-electron chi connectivity index (χ1n) is 7.68. The number of rotatable bonds is 7. The van der Waals surface area contributed by atoms with Crippen LogP contribution in [0.15, 0.2) is 59.3 Å². The van der Waals surface area contributed by atoms with Crippen LogP contribution in [0.3, 0.4) is 0 Å². The van der Waals surface area contributed by atoms with Gasteiger partial charge in [-0.25, -0.2) is 0 Å². The summed E-state index contributed by atoms with van der Waals surface area (Å²) in [6.07, 6.45) is 1.20. The first-order chi connectivity index (χ1) is 11.7. The van der Waals surface area contributed by atoms with Crippen LogP contribution in [0.1, 0.15) is 32.1 Å². The third-order valence-electron chi connectivity index (χ3n) is 3.61. The van der Waals surface area contributed by atoms with E-state index in [2.05, 4.69) is 5.32 Å². The largest absolute Gasteiger partial charge is 0.351 e. The number of hydrogen-bond donors (Lipinski definition) is 1. The molecule has 0 atom stereocenters. The monoisotopic (exact) mass is 355 g/mol. The Labute approximate surface area is 149 Å². The van der Waals surface area contributed by atoms with E-state index < -0.39 is 0 Å². The lowest BCUT2D eigenvalue weighted by molar-refractivity contribution is -0.121. The molecule has 0 aliphatic carbocycles. The van der Waals surface area contributed by atoms with Gasteiger partial charge >= 0.3 is 0 Å². The first kappa shape index (κ1) is 16.6. The summed E-state index contributed by atoms with van der Waals surface area (Å²) in [5.74, 6) is 0.0702. The van der Waals surface area contributed by atoms with Gasteiger partial charge in [0.2, 0.25) is 11.7 Å². The Morgan fingerprint density at radius 3 is 2.58 bits per heavy atom. The zero-order valence-electron chi connectivity index (χ0n) is 13.0. The van der Waals surface area contributed by atoms with Gasteiger partial charge in [0.1, 0.15) is 0 Å². The molecule has 5 heteroatoms. The van der Waals surface area contributed by atoms with E-state index >= 15 is 0 Å². The van der Waals surface area contributed by atoms with E-state index in [1.54, 1.807) is 0 Å². The Hall–Kier alpha value is -2.24. The SMILES string of the molecule is O=C(CCc1ccccc1)NCc1ccc(C(=O)c2ccsc2)s1. The molecular formula is C19H17NO2S2. The number of nitrogens with one attached hydrogen (secondary N) is 1. The molecule has 0 bridgehead atoms. The van der Waals surface area contributed by atoms with Gasteiger partial charge in [-0.15, -0.1) is 11.3 Å². The van der Waals surface area contributed by atoms with Crippen LogP contribution in [0.4, 0.5) is 0 Å². The number of benzene rings is 1. The van der Waals surface area contributed by atoms with Crippen LogP contribution in [0.25, 0.3) is 0 Å². The Kier molecular flexibility index (Phi) is 5.56. The van der Waals surface area contributed by atoms with Crippen LogP contribution in [0.2, 0.25) is 0 Å². The molecule has 3 nitrogen and oxygen atoms in total. The predicted octanol–water partition coefficient (Wildman–Crippen LogP) is 4.29. The fourth-order valence-electron chi connectivity index (χ4n) is 2.31. The number of amides is 1. The Bertz CT molecular complexity index is 807. The number of carbonyl (C=O) groups excluding carboxylic acids is 2. The van der Waals surface area contributed by atoms with E-state index in [1.165, 1.54) is 22.7 Å². The molecule has 122 valence electrons. The molecule has 1 aromatic carbocycles. The molecule has 2 aromatic heterocycles. The molecule has 1 amide bonds. The van der Waals surface area contributed by atoms with Crippen molar-refractivity contribution < 1.29 is 9.59 Å². The maximum atomic E-state index is 12.2. The minimum atomic E-state index is 0.0259. The van der Waals surface area contributed by atoms with Gasteiger partial charge in [-0.2, -0.15) is 11.3 Å². The number of thiophene rings is 2. The highest BCUT2D eigenvalue weighted by molar-refractivity contribution is 7.14. The molecule has 3 rings (SSSR count). The van der Waals surface area contributed by atoms with Crippen LogP contribution in [0, 0.1) is 0 Å². The summed E-state index contributed by atoms with van der Waals surface area (Å²) in [5, 5.41) is 6.67. The van der Waals surface area contributed by atoms with Gasteiger partial charge in [0.25, 0.3) is 0 Å². The predicted molar refractivity (Wildman–Crippen MR) is 98.7 cm³/mol. The third kappa shape index (κ3) is 4.40. The van der Waals surface area contributed by atoms with Gasteiger partial charge in [0, 0.05) is 22.2 Å². The van der Waals surface area contributed by atoms with Crippen molar-refractivity contribution in [3.63, 3.8) is 0 Å². The van der Waals surface area contributed by atoms with Crippen LogP contribution < -0.4 is 5.32 Å². The molecule has 0 spiro atoms. The van der Waals surface area contributed by atoms with Gasteiger partial charge in [-0.3, -0.25) is 9.59 Å². The molecule has 0 fully saturated rings. The van der Waals surface area contributed by atoms with Crippen LogP contribution in [-0.4, -0.2) is 11.7 Å². The van der Waals surface area contributed by atoms with Crippen molar-refractivity contribution in [3.8, 4) is 0 Å². The van der Waals surface area contributed by atoms with Gasteiger partial charge in [-0.1, -0.05) is 30.3 Å². The zero-order valence-corrected chi connectivity index (χ0v) is 14.7. The van der Waals surface area contributed by atoms with Crippen molar-refractivity contribution in [2.45, 2.75) is 19.4 Å². The highest BCUT2D eigenvalue weighted by atomic mass is 32.1. The van der Waals surface area contributed by atoms with Crippen molar-refractivity contribution in [2.24, 2.45) is 0 Å². The third-order valence-corrected chi connectivity index (χ3v) is 5.38. The van der Waals surface area contributed by atoms with Crippen molar-refractivity contribution in [1.29, 1.82) is 0 Å². The second-order valence-electron chi connectivity index (χ2n) is 5.37. The minimum Gasteiger partial charge on any atom is -0.351 e. The Balaban J connectivity index is 1.48. The van der Waals surface area contributed by atoms with E-state index in [9.17, 15) is 9.59 Å². The number of hydrogen-bond acceptors (Lipinski definition) is 4. The van der Waals surface area contributed by atoms with Gasteiger partial charge in [0.05, 0.1) is 11.4 Å². The van der Waals surface area contributed by atoms with Crippen molar-refractivity contribution in [1.82, 2.24) is 5.32 Å². The van der Waals surface area contributed by atoms with Crippen molar-refractivity contribution in [2.75, 3.05) is 0 Å². The van der Waals surface area contributed by atoms with E-state index in [0.717, 1.165) is 22.4 Å². The minimum absolute atomic E-state index is 0.0259. The Morgan fingerprint density at radius 2 is 1.83 bits per heavy atom. The summed E-state index contributed by atoms with van der Waals surface area (Å²) in [6.45, 7) is 0.467. The van der Waals surface area contributed by atoms with E-state index in [-0.39, 0.29) is 11.7 Å². The van der Waals surface area contributed by atoms with Gasteiger partial charge in [-0.05, 0) is 35.6 Å². The number of carbonyl (C=O) groups is 2. The lowest BCUT2D eigenvalue weighted by Crippen LogP contribution is -2.22. The van der Waals surface area contributed by atoms with E-state index in [4.69, 9.17) is 0 Å². The van der Waals surface area contributed by atoms with E-state index in [0.29, 0.717) is 17.8 Å². The topological polar surface area (TPSA) is 46.2 Å². The molecule has 0 saturated heterocycles. The molecule has 2 heterocycles. The Morgan fingerprint density at radius 1 is 1.00 bits per heavy atom. The number of aryl methyl sites for hydroxylation is 1. The lowest BCUT2D eigenvalue weighted by Gasteiger charge is -2.04. The maximum Gasteiger partial charge on any atom is 0.220 e. The summed E-state index contributed by atoms with van der Waals surface area (Å²) in [6, 6.07) is 15.5. The first-order valence-corrected chi connectivity index (χ1v) is 9.44. The highest BCUT2D eigenvalue weighted by Gasteiger charge is 2.12. The fraction of sp³-hybridized carbons (Fsp3) is 0.158. The molecule has 3 aromatic rings. The summed E-state index contributed by atoms with van der Waals surface area (Å²) in [7, 11) is 0.